The summed E-state index contributed by atoms with van der Waals surface area (Å²) in [4.78, 5) is 18.7. The van der Waals surface area contributed by atoms with Gasteiger partial charge >= 0.3 is 0 Å². The zero-order chi connectivity index (χ0) is 24.4. The molecule has 2 aromatic rings. The number of hydrogen-bond acceptors (Lipinski definition) is 4. The Balaban J connectivity index is 1.57. The second-order valence-corrected chi connectivity index (χ2v) is 19.3. The van der Waals surface area contributed by atoms with Gasteiger partial charge in [0, 0.05) is 30.2 Å². The largest absolute Gasteiger partial charge is 0.261 e. The van der Waals surface area contributed by atoms with Gasteiger partial charge in [-0.25, -0.2) is 0 Å². The van der Waals surface area contributed by atoms with Crippen LogP contribution in [-0.2, 0) is 5.16 Å². The van der Waals surface area contributed by atoms with Gasteiger partial charge in [0.25, 0.3) is 0 Å². The summed E-state index contributed by atoms with van der Waals surface area (Å²) >= 11 is 0. The van der Waals surface area contributed by atoms with Gasteiger partial charge in [-0.2, -0.15) is 0 Å². The van der Waals surface area contributed by atoms with Gasteiger partial charge in [0.2, 0.25) is 0 Å². The molecule has 0 N–H and O–H groups in total. The van der Waals surface area contributed by atoms with Gasteiger partial charge < -0.3 is 0 Å². The van der Waals surface area contributed by atoms with Crippen molar-refractivity contribution in [3.63, 3.8) is 0 Å². The zero-order valence-corrected chi connectivity index (χ0v) is 24.5. The highest BCUT2D eigenvalue weighted by Crippen LogP contribution is 2.69. The first-order chi connectivity index (χ1) is 16.8. The maximum atomic E-state index is 4.87. The van der Waals surface area contributed by atoms with Crippen molar-refractivity contribution in [2.45, 2.75) is 62.4 Å². The van der Waals surface area contributed by atoms with Crippen molar-refractivity contribution >= 4 is 26.6 Å². The second kappa shape index (κ2) is 8.64. The molecule has 4 fully saturated rings. The quantitative estimate of drug-likeness (QED) is 0.332. The molecule has 4 bridgehead atoms. The number of aromatic nitrogens is 4. The highest BCUT2D eigenvalue weighted by Gasteiger charge is 2.60. The summed E-state index contributed by atoms with van der Waals surface area (Å²) in [5, 5.41) is -0.565. The van der Waals surface area contributed by atoms with Crippen LogP contribution in [0.2, 0.25) is 25.2 Å². The van der Waals surface area contributed by atoms with E-state index in [0.717, 1.165) is 41.2 Å². The monoisotopic (exact) mass is 520 g/mol. The predicted molar refractivity (Wildman–Crippen MR) is 152 cm³/mol. The summed E-state index contributed by atoms with van der Waals surface area (Å²) in [6.07, 6.45) is 24.6. The summed E-state index contributed by atoms with van der Waals surface area (Å²) in [5.41, 5.74) is 5.59. The lowest BCUT2D eigenvalue weighted by Crippen LogP contribution is -2.55. The third-order valence-electron chi connectivity index (χ3n) is 9.78. The van der Waals surface area contributed by atoms with Crippen molar-refractivity contribution in [3.8, 4) is 0 Å². The molecule has 184 valence electrons. The molecular weight excluding hydrogens is 482 g/mol. The third kappa shape index (κ3) is 3.67. The van der Waals surface area contributed by atoms with Crippen molar-refractivity contribution < 1.29 is 0 Å². The molecule has 2 heterocycles. The molecule has 0 spiro atoms. The van der Waals surface area contributed by atoms with Crippen molar-refractivity contribution in [2.75, 3.05) is 6.16 Å². The van der Waals surface area contributed by atoms with Gasteiger partial charge in [-0.05, 0) is 78.6 Å². The molecule has 2 aromatic heterocycles. The van der Waals surface area contributed by atoms with Crippen molar-refractivity contribution in [1.29, 1.82) is 0 Å². The first-order valence-corrected chi connectivity index (χ1v) is 18.2. The molecule has 5 aliphatic carbocycles. The van der Waals surface area contributed by atoms with E-state index in [9.17, 15) is 0 Å². The maximum Gasteiger partial charge on any atom is 0.0964 e. The molecule has 0 amide bonds. The number of allylic oxidation sites excluding steroid dienone is 4. The molecule has 0 saturated heterocycles. The summed E-state index contributed by atoms with van der Waals surface area (Å²) in [7, 11) is 4.92. The molecule has 3 atom stereocenters. The van der Waals surface area contributed by atoms with Crippen molar-refractivity contribution in [3.05, 3.63) is 71.9 Å². The van der Waals surface area contributed by atoms with Gasteiger partial charge in [0.15, 0.2) is 0 Å². The zero-order valence-electron chi connectivity index (χ0n) is 21.2. The Labute approximate surface area is 215 Å². The Bertz CT molecular complexity index is 1090. The number of nitrogens with zero attached hydrogens (tertiary/aromatic N) is 4. The normalized spacial score (nSPS) is 34.1. The smallest absolute Gasteiger partial charge is 0.0964 e. The minimum atomic E-state index is -1.48. The van der Waals surface area contributed by atoms with E-state index in [-0.39, 0.29) is 5.41 Å². The molecule has 3 unspecified atom stereocenters. The lowest BCUT2D eigenvalue weighted by molar-refractivity contribution is -0.0735. The molecule has 4 nitrogen and oxygen atoms in total. The van der Waals surface area contributed by atoms with Crippen LogP contribution in [0.5, 0.6) is 0 Å². The van der Waals surface area contributed by atoms with Crippen LogP contribution in [0, 0.1) is 29.1 Å². The van der Waals surface area contributed by atoms with E-state index < -0.39 is 13.2 Å². The second-order valence-electron chi connectivity index (χ2n) is 12.6. The fourth-order valence-electron chi connectivity index (χ4n) is 8.16. The fourth-order valence-corrected chi connectivity index (χ4v) is 10.9. The Morgan fingerprint density at radius 2 is 1.40 bits per heavy atom. The van der Waals surface area contributed by atoms with Gasteiger partial charge in [-0.15, -0.1) is 18.5 Å². The van der Waals surface area contributed by atoms with E-state index in [1.54, 1.807) is 18.0 Å². The van der Waals surface area contributed by atoms with E-state index in [1.165, 1.54) is 37.7 Å². The van der Waals surface area contributed by atoms with E-state index in [4.69, 9.17) is 9.97 Å². The minimum absolute atomic E-state index is 0.227. The molecule has 4 saturated carbocycles. The highest BCUT2D eigenvalue weighted by atomic mass is 31.0. The lowest BCUT2D eigenvalue weighted by Gasteiger charge is -2.62. The van der Waals surface area contributed by atoms with Crippen LogP contribution in [0.1, 0.15) is 43.5 Å². The van der Waals surface area contributed by atoms with Crippen LogP contribution in [0.25, 0.3) is 0 Å². The molecule has 7 heteroatoms. The molecule has 0 aliphatic heterocycles. The van der Waals surface area contributed by atoms with Crippen LogP contribution < -0.4 is 0 Å². The molecule has 0 radical (unpaired) electrons. The van der Waals surface area contributed by atoms with E-state index in [2.05, 4.69) is 60.2 Å². The van der Waals surface area contributed by atoms with E-state index in [1.807, 2.05) is 24.8 Å². The summed E-state index contributed by atoms with van der Waals surface area (Å²) < 4.78 is 0. The number of hydrogen-bond donors (Lipinski definition) is 0. The summed E-state index contributed by atoms with van der Waals surface area (Å²) in [6.45, 7) is 7.51. The van der Waals surface area contributed by atoms with Crippen molar-refractivity contribution in [1.82, 2.24) is 19.9 Å². The third-order valence-corrected chi connectivity index (χ3v) is 13.7. The first-order valence-electron chi connectivity index (χ1n) is 13.2. The fraction of sp³-hybridized carbons (Fsp3) is 0.571. The Morgan fingerprint density at radius 1 is 0.857 bits per heavy atom. The van der Waals surface area contributed by atoms with Crippen LogP contribution in [0.4, 0.5) is 0 Å². The van der Waals surface area contributed by atoms with Crippen LogP contribution in [0.15, 0.2) is 60.5 Å². The van der Waals surface area contributed by atoms with Gasteiger partial charge in [-0.3, -0.25) is 19.9 Å². The Morgan fingerprint density at radius 3 is 1.83 bits per heavy atom. The van der Waals surface area contributed by atoms with Gasteiger partial charge in [0.05, 0.1) is 37.0 Å². The SMILES string of the molecule is C[Si](C)(C)C1C=C(C(P)(c2cnccn2)c2cnccn2)C(C2(CP)C3CC4CC(C3)CC2C4)=C1. The average molecular weight is 521 g/mol. The average Bonchev–Trinajstić information content (AvgIpc) is 3.32. The van der Waals surface area contributed by atoms with Crippen molar-refractivity contribution in [2.24, 2.45) is 29.1 Å². The minimum Gasteiger partial charge on any atom is -0.261 e. The Hall–Kier alpha value is -1.28. The summed E-state index contributed by atoms with van der Waals surface area (Å²) in [5.74, 6) is 3.46. The molecular formula is C28H38N4P2Si. The highest BCUT2D eigenvalue weighted by molar-refractivity contribution is 7.19. The van der Waals surface area contributed by atoms with Crippen LogP contribution >= 0.6 is 18.5 Å². The van der Waals surface area contributed by atoms with Gasteiger partial charge in [-0.1, -0.05) is 31.8 Å². The van der Waals surface area contributed by atoms with E-state index in [0.29, 0.717) is 5.54 Å². The maximum absolute atomic E-state index is 4.87. The summed E-state index contributed by atoms with van der Waals surface area (Å²) in [6, 6.07) is 0. The molecule has 35 heavy (non-hydrogen) atoms. The van der Waals surface area contributed by atoms with Gasteiger partial charge in [0.1, 0.15) is 0 Å². The molecule has 7 rings (SSSR count). The Kier molecular flexibility index (Phi) is 5.94. The molecule has 5 aliphatic rings. The standard InChI is InChI=1S/C28H38N4P2Si/c1-35(2,3)22-13-23(27(17-33)20-9-18-8-19(11-20)12-21(27)10-18)24(14-22)28(34,25-15-29-4-6-31-25)26-16-30-5-7-32-26/h4-7,13-16,18-22H,8-12,17,33-34H2,1-3H3. The topological polar surface area (TPSA) is 51.6 Å². The van der Waals surface area contributed by atoms with Crippen LogP contribution in [0.3, 0.4) is 0 Å². The first kappa shape index (κ1) is 24.1. The van der Waals surface area contributed by atoms with Crippen LogP contribution in [-0.4, -0.2) is 34.2 Å². The lowest BCUT2D eigenvalue weighted by atomic mass is 9.43. The predicted octanol–water partition coefficient (Wildman–Crippen LogP) is 6.28. The van der Waals surface area contributed by atoms with E-state index >= 15 is 0 Å². The number of rotatable bonds is 6. The molecule has 0 aromatic carbocycles.